The lowest BCUT2D eigenvalue weighted by molar-refractivity contribution is -0.118. The van der Waals surface area contributed by atoms with Gasteiger partial charge in [-0.1, -0.05) is 72.1 Å². The molecule has 2 unspecified atom stereocenters. The number of para-hydroxylation sites is 1. The molecule has 0 aliphatic heterocycles. The van der Waals surface area contributed by atoms with E-state index in [0.29, 0.717) is 58.9 Å². The summed E-state index contributed by atoms with van der Waals surface area (Å²) >= 11 is 8.38. The minimum atomic E-state index is -1.95. The molecule has 0 saturated heterocycles. The Bertz CT molecular complexity index is 3470. The highest BCUT2D eigenvalue weighted by Gasteiger charge is 2.52. The first-order chi connectivity index (χ1) is 36.6. The number of thioether (sulfide) groups is 3. The molecule has 75 heavy (non-hydrogen) atoms. The Balaban J connectivity index is 0.685. The number of amides is 3. The maximum absolute atomic E-state index is 15.7. The summed E-state index contributed by atoms with van der Waals surface area (Å²) in [5.41, 5.74) is 1.88. The lowest BCUT2D eigenvalue weighted by Crippen LogP contribution is -2.27. The summed E-state index contributed by atoms with van der Waals surface area (Å²) < 4.78 is 21.1. The van der Waals surface area contributed by atoms with Gasteiger partial charge in [0.05, 0.1) is 19.9 Å². The minimum Gasteiger partial charge on any atom is -0.325 e. The summed E-state index contributed by atoms with van der Waals surface area (Å²) in [5.74, 6) is 1.54. The SMILES string of the molecule is CCn1c(SC(C(=O)Nc2ccc(-c3ccc(-c4nnc(SC(F)C(=O)Nc5ccc(-c6ccc(-c7nnc(SC8(C(=O)Nc9ccccc9)CC8)n7CC)s6)cc5)n4CC)s3)cc2)C2CC2)nnc1-c1cccs1. The minimum absolute atomic E-state index is 0.0259. The Kier molecular flexibility index (Phi) is 14.9. The maximum atomic E-state index is 15.7. The smallest absolute Gasteiger partial charge is 0.269 e. The number of hydrogen-bond acceptors (Lipinski definition) is 15. The van der Waals surface area contributed by atoms with Crippen LogP contribution in [-0.2, 0) is 34.0 Å². The zero-order valence-electron chi connectivity index (χ0n) is 40.8. The molecule has 0 spiro atoms. The number of thiophene rings is 3. The molecule has 0 radical (unpaired) electrons. The topological polar surface area (TPSA) is 179 Å². The van der Waals surface area contributed by atoms with Gasteiger partial charge in [0.15, 0.2) is 32.9 Å². The van der Waals surface area contributed by atoms with Crippen molar-refractivity contribution in [3.63, 3.8) is 0 Å². The average Bonchev–Trinajstić information content (AvgIpc) is 3.85. The van der Waals surface area contributed by atoms with Crippen LogP contribution in [0.3, 0.4) is 0 Å². The summed E-state index contributed by atoms with van der Waals surface area (Å²) in [4.78, 5) is 45.0. The maximum Gasteiger partial charge on any atom is 0.269 e. The van der Waals surface area contributed by atoms with Crippen LogP contribution in [0.2, 0.25) is 0 Å². The van der Waals surface area contributed by atoms with Gasteiger partial charge in [0.2, 0.25) is 17.3 Å². The molecule has 9 aromatic rings. The Morgan fingerprint density at radius 1 is 0.573 bits per heavy atom. The van der Waals surface area contributed by atoms with Crippen molar-refractivity contribution >= 4 is 104 Å². The lowest BCUT2D eigenvalue weighted by Gasteiger charge is -2.16. The molecule has 22 heteroatoms. The molecule has 3 aromatic carbocycles. The normalized spacial score (nSPS) is 14.6. The van der Waals surface area contributed by atoms with Crippen LogP contribution in [-0.4, -0.2) is 77.5 Å². The Labute approximate surface area is 456 Å². The summed E-state index contributed by atoms with van der Waals surface area (Å²) in [6.45, 7) is 7.84. The van der Waals surface area contributed by atoms with Gasteiger partial charge in [0, 0.05) is 46.5 Å². The van der Waals surface area contributed by atoms with Crippen LogP contribution >= 0.6 is 69.3 Å². The number of alkyl halides is 1. The molecule has 15 nitrogen and oxygen atoms in total. The van der Waals surface area contributed by atoms with Crippen molar-refractivity contribution in [2.75, 3.05) is 16.0 Å². The van der Waals surface area contributed by atoms with Crippen LogP contribution < -0.4 is 16.0 Å². The number of benzene rings is 3. The number of nitrogens with zero attached hydrogens (tertiary/aromatic N) is 9. The van der Waals surface area contributed by atoms with Gasteiger partial charge in [0.25, 0.3) is 5.91 Å². The third kappa shape index (κ3) is 11.0. The van der Waals surface area contributed by atoms with E-state index in [1.807, 2.05) is 127 Å². The summed E-state index contributed by atoms with van der Waals surface area (Å²) in [6, 6.07) is 36.6. The first-order valence-electron chi connectivity index (χ1n) is 24.5. The van der Waals surface area contributed by atoms with Crippen molar-refractivity contribution in [2.24, 2.45) is 5.92 Å². The van der Waals surface area contributed by atoms with Crippen molar-refractivity contribution in [1.82, 2.24) is 44.3 Å². The van der Waals surface area contributed by atoms with E-state index in [1.165, 1.54) is 34.9 Å². The van der Waals surface area contributed by atoms with Crippen molar-refractivity contribution in [1.29, 1.82) is 0 Å². The van der Waals surface area contributed by atoms with Crippen LogP contribution in [0.25, 0.3) is 53.0 Å². The van der Waals surface area contributed by atoms with Crippen molar-refractivity contribution in [3.05, 3.63) is 121 Å². The molecule has 6 aromatic heterocycles. The summed E-state index contributed by atoms with van der Waals surface area (Å²) in [6.07, 6.45) is 3.54. The Hall–Kier alpha value is -6.43. The van der Waals surface area contributed by atoms with E-state index >= 15 is 4.39 Å². The number of carbonyl (C=O) groups excluding carboxylic acids is 3. The average molecular weight is 1110 g/mol. The first-order valence-corrected chi connectivity index (χ1v) is 29.6. The third-order valence-electron chi connectivity index (χ3n) is 12.8. The molecular weight excluding hydrogens is 1060 g/mol. The van der Waals surface area contributed by atoms with Crippen LogP contribution in [0, 0.1) is 5.92 Å². The van der Waals surface area contributed by atoms with E-state index in [9.17, 15) is 14.4 Å². The quantitative estimate of drug-likeness (QED) is 0.0581. The Morgan fingerprint density at radius 2 is 1.07 bits per heavy atom. The van der Waals surface area contributed by atoms with Crippen LogP contribution in [0.1, 0.15) is 46.5 Å². The van der Waals surface area contributed by atoms with Crippen LogP contribution in [0.5, 0.6) is 0 Å². The highest BCUT2D eigenvalue weighted by molar-refractivity contribution is 8.01. The van der Waals surface area contributed by atoms with E-state index in [2.05, 4.69) is 58.0 Å². The number of halogens is 1. The zero-order valence-corrected chi connectivity index (χ0v) is 45.7. The fourth-order valence-corrected chi connectivity index (χ4v) is 14.5. The predicted molar refractivity (Wildman–Crippen MR) is 301 cm³/mol. The second-order valence-corrected chi connectivity index (χ2v) is 24.4. The highest BCUT2D eigenvalue weighted by Crippen LogP contribution is 2.52. The van der Waals surface area contributed by atoms with Gasteiger partial charge in [-0.05, 0) is 147 Å². The molecule has 11 rings (SSSR count). The molecule has 2 aliphatic carbocycles. The lowest BCUT2D eigenvalue weighted by atomic mass is 10.1. The summed E-state index contributed by atoms with van der Waals surface area (Å²) in [5, 5.41) is 39.1. The first kappa shape index (κ1) is 50.7. The molecule has 2 saturated carbocycles. The van der Waals surface area contributed by atoms with Crippen molar-refractivity contribution in [2.45, 2.75) is 97.1 Å². The standard InChI is InChI=1S/C53H49FN12O3S6/c1-4-64-44(39-13-10-30-70-39)58-61-50(64)73-42(33-14-15-33)47(67)55-35-20-16-31(17-21-35)37-24-26-40(71-37)45-59-62-51(65(45)5-2)74-43(54)48(68)56-36-22-18-32(19-23-36)38-25-27-41(72-38)46-60-63-52(66(46)6-3)75-53(28-29-53)49(69)57-34-11-8-7-9-12-34/h7-13,16-27,30,33,42-43H,4-6,14-15,28-29H2,1-3H3,(H,55,67)(H,56,68)(H,57,69). The predicted octanol–water partition coefficient (Wildman–Crippen LogP) is 12.8. The second-order valence-electron chi connectivity index (χ2n) is 17.8. The number of anilines is 3. The fraction of sp³-hybridized carbons (Fsp3) is 0.264. The molecular formula is C53H49FN12O3S6. The third-order valence-corrected chi connectivity index (χ3v) is 19.7. The van der Waals surface area contributed by atoms with E-state index in [1.54, 1.807) is 39.4 Å². The van der Waals surface area contributed by atoms with Crippen LogP contribution in [0.4, 0.5) is 21.5 Å². The van der Waals surface area contributed by atoms with Gasteiger partial charge < -0.3 is 29.7 Å². The van der Waals surface area contributed by atoms with Gasteiger partial charge in [-0.3, -0.25) is 14.4 Å². The van der Waals surface area contributed by atoms with E-state index in [-0.39, 0.29) is 23.0 Å². The number of hydrogen-bond donors (Lipinski definition) is 3. The van der Waals surface area contributed by atoms with Gasteiger partial charge in [-0.2, -0.15) is 0 Å². The van der Waals surface area contributed by atoms with E-state index in [4.69, 9.17) is 0 Å². The monoisotopic (exact) mass is 1110 g/mol. The van der Waals surface area contributed by atoms with E-state index in [0.717, 1.165) is 83.7 Å². The number of nitrogens with one attached hydrogen (secondary N) is 3. The van der Waals surface area contributed by atoms with Crippen molar-refractivity contribution < 1.29 is 18.8 Å². The van der Waals surface area contributed by atoms with Gasteiger partial charge in [0.1, 0.15) is 4.75 Å². The molecule has 3 amide bonds. The molecule has 2 aliphatic rings. The Morgan fingerprint density at radius 3 is 1.59 bits per heavy atom. The fourth-order valence-electron chi connectivity index (χ4n) is 8.45. The van der Waals surface area contributed by atoms with Gasteiger partial charge in [-0.25, -0.2) is 4.39 Å². The number of rotatable bonds is 21. The van der Waals surface area contributed by atoms with E-state index < -0.39 is 16.2 Å². The summed E-state index contributed by atoms with van der Waals surface area (Å²) in [7, 11) is 0. The van der Waals surface area contributed by atoms with Crippen molar-refractivity contribution in [3.8, 4) is 53.0 Å². The largest absolute Gasteiger partial charge is 0.325 e. The molecule has 2 fully saturated rings. The highest BCUT2D eigenvalue weighted by atomic mass is 32.2. The molecule has 382 valence electrons. The molecule has 3 N–H and O–H groups in total. The molecule has 2 atom stereocenters. The van der Waals surface area contributed by atoms with Crippen LogP contribution in [0.15, 0.2) is 136 Å². The van der Waals surface area contributed by atoms with Gasteiger partial charge in [-0.15, -0.1) is 64.6 Å². The number of carbonyl (C=O) groups is 3. The zero-order chi connectivity index (χ0) is 51.6. The molecule has 0 bridgehead atoms. The second kappa shape index (κ2) is 22.0. The number of aromatic nitrogens is 9. The van der Waals surface area contributed by atoms with Gasteiger partial charge >= 0.3 is 0 Å². The molecule has 6 heterocycles.